The van der Waals surface area contributed by atoms with Gasteiger partial charge in [-0.2, -0.15) is 13.2 Å². The number of anilines is 2. The van der Waals surface area contributed by atoms with Crippen molar-refractivity contribution < 1.29 is 13.2 Å². The SMILES string of the molecule is FC(F)(F)c1ccc(N2CCN(c3ccncn3)CC2)nc1. The van der Waals surface area contributed by atoms with Crippen LogP contribution in [0.5, 0.6) is 0 Å². The fourth-order valence-corrected chi connectivity index (χ4v) is 2.38. The first-order valence-electron chi connectivity index (χ1n) is 6.83. The molecular weight excluding hydrogens is 295 g/mol. The van der Waals surface area contributed by atoms with Crippen LogP contribution in [0.1, 0.15) is 5.56 Å². The predicted octanol–water partition coefficient (Wildman–Crippen LogP) is 2.22. The van der Waals surface area contributed by atoms with Gasteiger partial charge in [0.25, 0.3) is 0 Å². The molecule has 5 nitrogen and oxygen atoms in total. The van der Waals surface area contributed by atoms with Gasteiger partial charge in [-0.25, -0.2) is 15.0 Å². The Bertz CT molecular complexity index is 607. The summed E-state index contributed by atoms with van der Waals surface area (Å²) in [4.78, 5) is 16.1. The molecule has 0 atom stereocenters. The van der Waals surface area contributed by atoms with Crippen LogP contribution in [0.3, 0.4) is 0 Å². The zero-order valence-electron chi connectivity index (χ0n) is 11.7. The summed E-state index contributed by atoms with van der Waals surface area (Å²) in [6.45, 7) is 2.84. The fraction of sp³-hybridized carbons (Fsp3) is 0.357. The lowest BCUT2D eigenvalue weighted by molar-refractivity contribution is -0.137. The van der Waals surface area contributed by atoms with E-state index in [0.29, 0.717) is 18.9 Å². The molecule has 1 fully saturated rings. The van der Waals surface area contributed by atoms with Crippen LogP contribution in [0.15, 0.2) is 36.9 Å². The molecule has 0 unspecified atom stereocenters. The average molecular weight is 309 g/mol. The molecule has 0 spiro atoms. The standard InChI is InChI=1S/C14H14F3N5/c15-14(16,17)11-1-2-12(19-9-11)21-5-7-22(8-6-21)13-3-4-18-10-20-13/h1-4,9-10H,5-8H2. The van der Waals surface area contributed by atoms with Gasteiger partial charge in [0, 0.05) is 38.6 Å². The Morgan fingerprint density at radius 3 is 1.95 bits per heavy atom. The summed E-state index contributed by atoms with van der Waals surface area (Å²) in [7, 11) is 0. The lowest BCUT2D eigenvalue weighted by Crippen LogP contribution is -2.47. The van der Waals surface area contributed by atoms with Crippen molar-refractivity contribution in [3.8, 4) is 0 Å². The van der Waals surface area contributed by atoms with E-state index >= 15 is 0 Å². The Kier molecular flexibility index (Phi) is 3.82. The number of pyridine rings is 1. The monoisotopic (exact) mass is 309 g/mol. The van der Waals surface area contributed by atoms with Gasteiger partial charge in [0.2, 0.25) is 0 Å². The Hall–Kier alpha value is -2.38. The Morgan fingerprint density at radius 1 is 0.864 bits per heavy atom. The lowest BCUT2D eigenvalue weighted by atomic mass is 10.2. The number of alkyl halides is 3. The third-order valence-electron chi connectivity index (χ3n) is 3.57. The van der Waals surface area contributed by atoms with E-state index in [9.17, 15) is 13.2 Å². The molecule has 0 N–H and O–H groups in total. The molecule has 3 heterocycles. The second-order valence-electron chi connectivity index (χ2n) is 4.94. The summed E-state index contributed by atoms with van der Waals surface area (Å²) in [6.07, 6.45) is -0.283. The second-order valence-corrected chi connectivity index (χ2v) is 4.94. The van der Waals surface area contributed by atoms with Crippen molar-refractivity contribution >= 4 is 11.6 Å². The minimum Gasteiger partial charge on any atom is -0.353 e. The first-order chi connectivity index (χ1) is 10.5. The number of nitrogens with zero attached hydrogens (tertiary/aromatic N) is 5. The van der Waals surface area contributed by atoms with Crippen LogP contribution in [-0.4, -0.2) is 41.1 Å². The normalized spacial score (nSPS) is 16.0. The van der Waals surface area contributed by atoms with E-state index < -0.39 is 11.7 Å². The molecule has 0 amide bonds. The summed E-state index contributed by atoms with van der Waals surface area (Å²) in [5, 5.41) is 0. The van der Waals surface area contributed by atoms with Gasteiger partial charge < -0.3 is 9.80 Å². The molecule has 3 rings (SSSR count). The molecule has 116 valence electrons. The van der Waals surface area contributed by atoms with Crippen LogP contribution in [0.25, 0.3) is 0 Å². The van der Waals surface area contributed by atoms with Gasteiger partial charge in [0.05, 0.1) is 5.56 Å². The van der Waals surface area contributed by atoms with E-state index in [0.717, 1.165) is 31.2 Å². The predicted molar refractivity (Wildman–Crippen MR) is 75.7 cm³/mol. The quantitative estimate of drug-likeness (QED) is 0.851. The van der Waals surface area contributed by atoms with Crippen molar-refractivity contribution in [3.63, 3.8) is 0 Å². The summed E-state index contributed by atoms with van der Waals surface area (Å²) < 4.78 is 37.6. The van der Waals surface area contributed by atoms with Crippen molar-refractivity contribution in [2.24, 2.45) is 0 Å². The number of hydrogen-bond acceptors (Lipinski definition) is 5. The first kappa shape index (κ1) is 14.6. The molecule has 1 aliphatic rings. The molecule has 0 saturated carbocycles. The lowest BCUT2D eigenvalue weighted by Gasteiger charge is -2.36. The molecule has 8 heteroatoms. The van der Waals surface area contributed by atoms with Crippen LogP contribution >= 0.6 is 0 Å². The second kappa shape index (κ2) is 5.78. The number of rotatable bonds is 2. The smallest absolute Gasteiger partial charge is 0.353 e. The van der Waals surface area contributed by atoms with Crippen molar-refractivity contribution in [3.05, 3.63) is 42.5 Å². The van der Waals surface area contributed by atoms with Gasteiger partial charge in [-0.05, 0) is 18.2 Å². The zero-order chi connectivity index (χ0) is 15.6. The maximum absolute atomic E-state index is 12.5. The minimum atomic E-state index is -4.35. The number of aromatic nitrogens is 3. The number of hydrogen-bond donors (Lipinski definition) is 0. The average Bonchev–Trinajstić information content (AvgIpc) is 2.55. The molecule has 2 aromatic heterocycles. The highest BCUT2D eigenvalue weighted by Gasteiger charge is 2.31. The van der Waals surface area contributed by atoms with Gasteiger partial charge >= 0.3 is 6.18 Å². The maximum atomic E-state index is 12.5. The van der Waals surface area contributed by atoms with Crippen LogP contribution in [0.4, 0.5) is 24.8 Å². The van der Waals surface area contributed by atoms with Crippen LogP contribution in [-0.2, 0) is 6.18 Å². The highest BCUT2D eigenvalue weighted by atomic mass is 19.4. The molecule has 0 radical (unpaired) electrons. The zero-order valence-corrected chi connectivity index (χ0v) is 11.7. The summed E-state index contributed by atoms with van der Waals surface area (Å²) in [5.74, 6) is 1.42. The van der Waals surface area contributed by atoms with Gasteiger partial charge in [-0.15, -0.1) is 0 Å². The molecule has 0 bridgehead atoms. The molecule has 22 heavy (non-hydrogen) atoms. The summed E-state index contributed by atoms with van der Waals surface area (Å²) in [6, 6.07) is 4.33. The number of piperazine rings is 1. The molecule has 2 aromatic rings. The van der Waals surface area contributed by atoms with Gasteiger partial charge in [0.1, 0.15) is 18.0 Å². The van der Waals surface area contributed by atoms with Crippen LogP contribution in [0.2, 0.25) is 0 Å². The van der Waals surface area contributed by atoms with E-state index in [1.54, 1.807) is 6.20 Å². The first-order valence-corrected chi connectivity index (χ1v) is 6.83. The van der Waals surface area contributed by atoms with Crippen LogP contribution < -0.4 is 9.80 Å². The van der Waals surface area contributed by atoms with Crippen molar-refractivity contribution in [2.75, 3.05) is 36.0 Å². The van der Waals surface area contributed by atoms with Crippen molar-refractivity contribution in [2.45, 2.75) is 6.18 Å². The van der Waals surface area contributed by atoms with E-state index in [2.05, 4.69) is 19.9 Å². The molecule has 1 saturated heterocycles. The molecule has 0 aliphatic carbocycles. The third-order valence-corrected chi connectivity index (χ3v) is 3.57. The Morgan fingerprint density at radius 2 is 1.50 bits per heavy atom. The van der Waals surface area contributed by atoms with E-state index in [1.165, 1.54) is 12.4 Å². The van der Waals surface area contributed by atoms with Gasteiger partial charge in [-0.3, -0.25) is 0 Å². The minimum absolute atomic E-state index is 0.565. The highest BCUT2D eigenvalue weighted by molar-refractivity contribution is 5.44. The Balaban J connectivity index is 1.64. The van der Waals surface area contributed by atoms with Crippen LogP contribution in [0, 0.1) is 0 Å². The maximum Gasteiger partial charge on any atom is 0.417 e. The van der Waals surface area contributed by atoms with Crippen molar-refractivity contribution in [1.29, 1.82) is 0 Å². The molecular formula is C14H14F3N5. The largest absolute Gasteiger partial charge is 0.417 e. The van der Waals surface area contributed by atoms with E-state index in [4.69, 9.17) is 0 Å². The highest BCUT2D eigenvalue weighted by Crippen LogP contribution is 2.29. The van der Waals surface area contributed by atoms with Gasteiger partial charge in [-0.1, -0.05) is 0 Å². The summed E-state index contributed by atoms with van der Waals surface area (Å²) >= 11 is 0. The Labute approximate surface area is 125 Å². The fourth-order valence-electron chi connectivity index (χ4n) is 2.38. The molecule has 0 aromatic carbocycles. The van der Waals surface area contributed by atoms with Gasteiger partial charge in [0.15, 0.2) is 0 Å². The van der Waals surface area contributed by atoms with Crippen molar-refractivity contribution in [1.82, 2.24) is 15.0 Å². The van der Waals surface area contributed by atoms with E-state index in [-0.39, 0.29) is 0 Å². The topological polar surface area (TPSA) is 45.2 Å². The third kappa shape index (κ3) is 3.10. The molecule has 1 aliphatic heterocycles. The van der Waals surface area contributed by atoms with E-state index in [1.807, 2.05) is 11.0 Å². The number of halogens is 3. The summed E-state index contributed by atoms with van der Waals surface area (Å²) in [5.41, 5.74) is -0.726.